The van der Waals surface area contributed by atoms with Gasteiger partial charge in [0, 0.05) is 62.4 Å². The molecule has 8 bridgehead atoms. The summed E-state index contributed by atoms with van der Waals surface area (Å²) in [5.74, 6) is 2.49. The van der Waals surface area contributed by atoms with Gasteiger partial charge in [-0.25, -0.2) is 18.4 Å². The lowest BCUT2D eigenvalue weighted by Gasteiger charge is -2.17. The van der Waals surface area contributed by atoms with E-state index in [-0.39, 0.29) is 22.6 Å². The highest BCUT2D eigenvalue weighted by molar-refractivity contribution is 7.91. The van der Waals surface area contributed by atoms with Crippen molar-refractivity contribution in [1.82, 2.24) is 19.9 Å². The van der Waals surface area contributed by atoms with Crippen molar-refractivity contribution in [3.05, 3.63) is 202 Å². The lowest BCUT2D eigenvalue weighted by atomic mass is 9.98. The Morgan fingerprint density at radius 3 is 1.38 bits per heavy atom. The monoisotopic (exact) mass is 851 g/mol. The molecule has 10 heteroatoms. The highest BCUT2D eigenvalue weighted by atomic mass is 32.2. The van der Waals surface area contributed by atoms with E-state index in [0.29, 0.717) is 22.2 Å². The third kappa shape index (κ3) is 7.19. The molecule has 3 aromatic heterocycles. The normalized spacial score (nSPS) is 12.5. The molecule has 10 rings (SSSR count). The standard InChI is InChI=1S/C54H37N5O4S/c1-2-15-50(64(62,63)39-22-13-6-14-23-39)40-34-38(24-33-49(40)59(60)61)54-47-31-29-45(57-47)52(36-18-9-4-10-19-36)43-27-25-41(55-43)51(35-16-7-3-8-17-35)42-26-28-44(56-42)53(37-20-11-5-12-21-37)46-30-32-48(54)58-46/h1,3-14,16-34,50,57-58H,15H2. The first-order chi connectivity index (χ1) is 31.3. The third-order valence-electron chi connectivity index (χ3n) is 11.6. The number of terminal acetylenes is 1. The number of hydrogen-bond donors (Lipinski definition) is 2. The summed E-state index contributed by atoms with van der Waals surface area (Å²) < 4.78 is 28.7. The Labute approximate surface area is 369 Å². The van der Waals surface area contributed by atoms with Crippen LogP contribution in [0.15, 0.2) is 169 Å². The molecule has 8 aromatic rings. The van der Waals surface area contributed by atoms with Crippen molar-refractivity contribution >= 4 is 61.9 Å². The topological polar surface area (TPSA) is 135 Å². The maximum absolute atomic E-state index is 14.3. The lowest BCUT2D eigenvalue weighted by molar-refractivity contribution is -0.385. The molecule has 0 aliphatic carbocycles. The van der Waals surface area contributed by atoms with Crippen molar-refractivity contribution in [1.29, 1.82) is 0 Å². The average Bonchev–Trinajstić information content (AvgIpc) is 4.18. The van der Waals surface area contributed by atoms with E-state index in [2.05, 4.69) is 28.0 Å². The number of fused-ring (bicyclic) bond motifs is 8. The third-order valence-corrected chi connectivity index (χ3v) is 13.6. The van der Waals surface area contributed by atoms with Crippen molar-refractivity contribution in [3.8, 4) is 56.9 Å². The number of nitrogens with one attached hydrogen (secondary N) is 2. The molecule has 5 aromatic carbocycles. The van der Waals surface area contributed by atoms with Crippen molar-refractivity contribution in [2.45, 2.75) is 16.6 Å². The summed E-state index contributed by atoms with van der Waals surface area (Å²) in [7, 11) is -4.18. The number of aromatic nitrogens is 4. The van der Waals surface area contributed by atoms with Crippen LogP contribution >= 0.6 is 0 Å². The fourth-order valence-corrected chi connectivity index (χ4v) is 10.3. The molecule has 308 valence electrons. The first-order valence-electron chi connectivity index (χ1n) is 20.6. The van der Waals surface area contributed by atoms with Gasteiger partial charge < -0.3 is 9.97 Å². The summed E-state index contributed by atoms with van der Waals surface area (Å²) in [6.07, 6.45) is 13.6. The minimum Gasteiger partial charge on any atom is -0.354 e. The summed E-state index contributed by atoms with van der Waals surface area (Å²) in [5, 5.41) is 11.3. The lowest BCUT2D eigenvalue weighted by Crippen LogP contribution is -2.15. The van der Waals surface area contributed by atoms with Gasteiger partial charge in [0.05, 0.1) is 32.6 Å². The number of aromatic amines is 2. The largest absolute Gasteiger partial charge is 0.354 e. The molecular weight excluding hydrogens is 815 g/mol. The molecule has 2 N–H and O–H groups in total. The van der Waals surface area contributed by atoms with E-state index in [4.69, 9.17) is 16.4 Å². The van der Waals surface area contributed by atoms with E-state index in [0.717, 1.165) is 67.2 Å². The van der Waals surface area contributed by atoms with Crippen LogP contribution in [0, 0.1) is 22.5 Å². The number of nitro benzene ring substituents is 1. The van der Waals surface area contributed by atoms with Gasteiger partial charge in [-0.2, -0.15) is 0 Å². The van der Waals surface area contributed by atoms with E-state index in [9.17, 15) is 18.5 Å². The van der Waals surface area contributed by atoms with E-state index >= 15 is 0 Å². The van der Waals surface area contributed by atoms with E-state index < -0.39 is 20.0 Å². The first-order valence-corrected chi connectivity index (χ1v) is 22.2. The molecule has 64 heavy (non-hydrogen) atoms. The average molecular weight is 852 g/mol. The van der Waals surface area contributed by atoms with Crippen LogP contribution in [0.2, 0.25) is 0 Å². The zero-order valence-electron chi connectivity index (χ0n) is 34.1. The smallest absolute Gasteiger partial charge is 0.273 e. The number of hydrogen-bond acceptors (Lipinski definition) is 6. The molecular formula is C54H37N5O4S. The second-order valence-electron chi connectivity index (χ2n) is 15.4. The van der Waals surface area contributed by atoms with Gasteiger partial charge in [0.15, 0.2) is 9.84 Å². The highest BCUT2D eigenvalue weighted by Gasteiger charge is 2.34. The Hall–Kier alpha value is -8.39. The van der Waals surface area contributed by atoms with Crippen LogP contribution in [0.3, 0.4) is 0 Å². The summed E-state index contributed by atoms with van der Waals surface area (Å²) in [6.45, 7) is 0. The fraction of sp³-hybridized carbons (Fsp3) is 0.0370. The minimum atomic E-state index is -4.18. The van der Waals surface area contributed by atoms with Gasteiger partial charge in [0.2, 0.25) is 0 Å². The number of H-pyrrole nitrogens is 2. The van der Waals surface area contributed by atoms with Crippen molar-refractivity contribution in [2.75, 3.05) is 0 Å². The zero-order chi connectivity index (χ0) is 43.8. The molecule has 2 aliphatic heterocycles. The van der Waals surface area contributed by atoms with Gasteiger partial charge >= 0.3 is 0 Å². The number of nitro groups is 1. The molecule has 0 amide bonds. The summed E-state index contributed by atoms with van der Waals surface area (Å²) in [6, 6.07) is 50.6. The highest BCUT2D eigenvalue weighted by Crippen LogP contribution is 2.42. The predicted octanol–water partition coefficient (Wildman–Crippen LogP) is 12.8. The second kappa shape index (κ2) is 16.5. The quantitative estimate of drug-likeness (QED) is 0.0843. The summed E-state index contributed by atoms with van der Waals surface area (Å²) in [4.78, 5) is 30.2. The molecule has 5 heterocycles. The van der Waals surface area contributed by atoms with Crippen molar-refractivity contribution < 1.29 is 13.3 Å². The molecule has 0 saturated heterocycles. The Morgan fingerprint density at radius 2 is 0.938 bits per heavy atom. The molecule has 1 atom stereocenters. The maximum atomic E-state index is 14.3. The van der Waals surface area contributed by atoms with Gasteiger partial charge in [-0.05, 0) is 95.1 Å². The second-order valence-corrected chi connectivity index (χ2v) is 17.5. The summed E-state index contributed by atoms with van der Waals surface area (Å²) >= 11 is 0. The van der Waals surface area contributed by atoms with E-state index in [1.165, 1.54) is 18.2 Å². The van der Waals surface area contributed by atoms with Crippen LogP contribution in [0.4, 0.5) is 5.69 Å². The van der Waals surface area contributed by atoms with Gasteiger partial charge in [-0.1, -0.05) is 109 Å². The number of nitrogens with zero attached hydrogens (tertiary/aromatic N) is 3. The van der Waals surface area contributed by atoms with Crippen LogP contribution in [0.25, 0.3) is 90.9 Å². The van der Waals surface area contributed by atoms with Gasteiger partial charge in [0.1, 0.15) is 5.25 Å². The van der Waals surface area contributed by atoms with E-state index in [1.807, 2.05) is 127 Å². The first kappa shape index (κ1) is 39.7. The molecule has 9 nitrogen and oxygen atoms in total. The van der Waals surface area contributed by atoms with E-state index in [1.54, 1.807) is 30.3 Å². The molecule has 0 spiro atoms. The Balaban J connectivity index is 1.34. The Bertz CT molecular complexity index is 3380. The minimum absolute atomic E-state index is 0.0110. The number of sulfone groups is 1. The molecule has 0 fully saturated rings. The van der Waals surface area contributed by atoms with Gasteiger partial charge in [-0.3, -0.25) is 10.1 Å². The molecule has 0 radical (unpaired) electrons. The van der Waals surface area contributed by atoms with Gasteiger partial charge in [0.25, 0.3) is 5.69 Å². The van der Waals surface area contributed by atoms with Crippen LogP contribution in [-0.2, 0) is 9.84 Å². The van der Waals surface area contributed by atoms with Crippen molar-refractivity contribution in [2.24, 2.45) is 0 Å². The van der Waals surface area contributed by atoms with Crippen LogP contribution in [-0.4, -0.2) is 33.3 Å². The molecule has 2 aliphatic rings. The number of benzene rings is 5. The van der Waals surface area contributed by atoms with Crippen LogP contribution in [0.1, 0.15) is 40.0 Å². The molecule has 0 saturated carbocycles. The SMILES string of the molecule is C#CCC(c1cc(-c2c3ccc([nH]3)c(-c3ccccc3)c3nc(c(-c4ccccc4)c4nc(c(-c5ccccc5)c5ccc2[nH]5)C=C4)C=C3)ccc1[N+](=O)[O-])S(=O)(=O)c1ccccc1. The van der Waals surface area contributed by atoms with Gasteiger partial charge in [-0.15, -0.1) is 12.3 Å². The van der Waals surface area contributed by atoms with Crippen LogP contribution in [0.5, 0.6) is 0 Å². The zero-order valence-corrected chi connectivity index (χ0v) is 35.0. The fourth-order valence-electron chi connectivity index (χ4n) is 8.64. The maximum Gasteiger partial charge on any atom is 0.273 e. The van der Waals surface area contributed by atoms with Crippen molar-refractivity contribution in [3.63, 3.8) is 0 Å². The Kier molecular flexibility index (Phi) is 10.2. The van der Waals surface area contributed by atoms with Crippen LogP contribution < -0.4 is 0 Å². The Morgan fingerprint density at radius 1 is 0.531 bits per heavy atom. The predicted molar refractivity (Wildman–Crippen MR) is 257 cm³/mol. The summed E-state index contributed by atoms with van der Waals surface area (Å²) in [5.41, 5.74) is 12.1. The number of rotatable bonds is 9. The molecule has 1 unspecified atom stereocenters.